The summed E-state index contributed by atoms with van der Waals surface area (Å²) in [5.74, 6) is 0.597. The molecule has 0 saturated carbocycles. The zero-order chi connectivity index (χ0) is 10.4. The van der Waals surface area contributed by atoms with Crippen LogP contribution in [0.25, 0.3) is 0 Å². The van der Waals surface area contributed by atoms with E-state index < -0.39 is 0 Å². The van der Waals surface area contributed by atoms with Crippen LogP contribution in [0.15, 0.2) is 18.2 Å². The monoisotopic (exact) mass is 194 g/mol. The number of methoxy groups -OCH3 is 1. The molecule has 0 aromatic heterocycles. The van der Waals surface area contributed by atoms with Crippen LogP contribution in [0.3, 0.4) is 0 Å². The first kappa shape index (κ1) is 10.7. The molecular formula is C11H14O3. The molecule has 3 nitrogen and oxygen atoms in total. The topological polar surface area (TPSA) is 35.5 Å². The second kappa shape index (κ2) is 5.40. The fourth-order valence-corrected chi connectivity index (χ4v) is 1.19. The zero-order valence-electron chi connectivity index (χ0n) is 8.45. The third-order valence-electron chi connectivity index (χ3n) is 1.89. The highest BCUT2D eigenvalue weighted by atomic mass is 16.5. The molecule has 0 amide bonds. The summed E-state index contributed by atoms with van der Waals surface area (Å²) in [7, 11) is 1.55. The molecule has 3 heteroatoms. The minimum atomic E-state index is 0.529. The van der Waals surface area contributed by atoms with Gasteiger partial charge in [0, 0.05) is 6.61 Å². The number of hydrogen-bond acceptors (Lipinski definition) is 3. The lowest BCUT2D eigenvalue weighted by molar-refractivity contribution is 0.111. The van der Waals surface area contributed by atoms with E-state index in [0.717, 1.165) is 11.8 Å². The molecule has 0 aliphatic carbocycles. The quantitative estimate of drug-likeness (QED) is 0.673. The molecule has 0 aliphatic rings. The van der Waals surface area contributed by atoms with Gasteiger partial charge in [0.2, 0.25) is 0 Å². The Hall–Kier alpha value is -1.35. The van der Waals surface area contributed by atoms with E-state index in [4.69, 9.17) is 9.47 Å². The largest absolute Gasteiger partial charge is 0.496 e. The van der Waals surface area contributed by atoms with Gasteiger partial charge in [-0.2, -0.15) is 0 Å². The van der Waals surface area contributed by atoms with Gasteiger partial charge in [-0.25, -0.2) is 0 Å². The Morgan fingerprint density at radius 3 is 2.79 bits per heavy atom. The van der Waals surface area contributed by atoms with E-state index in [2.05, 4.69) is 0 Å². The van der Waals surface area contributed by atoms with Crippen molar-refractivity contribution in [3.8, 4) is 5.75 Å². The van der Waals surface area contributed by atoms with E-state index >= 15 is 0 Å². The van der Waals surface area contributed by atoms with Crippen molar-refractivity contribution >= 4 is 6.29 Å². The summed E-state index contributed by atoms with van der Waals surface area (Å²) in [4.78, 5) is 10.7. The van der Waals surface area contributed by atoms with Crippen molar-refractivity contribution in [3.05, 3.63) is 29.3 Å². The molecule has 0 saturated heterocycles. The Bertz CT molecular complexity index is 307. The Morgan fingerprint density at radius 2 is 2.21 bits per heavy atom. The van der Waals surface area contributed by atoms with E-state index in [0.29, 0.717) is 24.5 Å². The smallest absolute Gasteiger partial charge is 0.153 e. The fraction of sp³-hybridized carbons (Fsp3) is 0.364. The van der Waals surface area contributed by atoms with Crippen molar-refractivity contribution in [3.63, 3.8) is 0 Å². The van der Waals surface area contributed by atoms with Gasteiger partial charge in [0.1, 0.15) is 5.75 Å². The van der Waals surface area contributed by atoms with Crippen molar-refractivity contribution < 1.29 is 14.3 Å². The van der Waals surface area contributed by atoms with Gasteiger partial charge >= 0.3 is 0 Å². The van der Waals surface area contributed by atoms with Gasteiger partial charge in [-0.05, 0) is 24.6 Å². The van der Waals surface area contributed by atoms with E-state index in [1.165, 1.54) is 0 Å². The SMILES string of the molecule is CCOCc1ccc(OC)c(C=O)c1. The Labute approximate surface area is 83.6 Å². The highest BCUT2D eigenvalue weighted by Crippen LogP contribution is 2.18. The van der Waals surface area contributed by atoms with Gasteiger partial charge in [-0.15, -0.1) is 0 Å². The van der Waals surface area contributed by atoms with Crippen LogP contribution in [-0.4, -0.2) is 20.0 Å². The lowest BCUT2D eigenvalue weighted by Gasteiger charge is -2.06. The van der Waals surface area contributed by atoms with E-state index in [-0.39, 0.29) is 0 Å². The second-order valence-corrected chi connectivity index (χ2v) is 2.83. The summed E-state index contributed by atoms with van der Waals surface area (Å²) < 4.78 is 10.3. The molecule has 0 radical (unpaired) electrons. The van der Waals surface area contributed by atoms with Crippen LogP contribution in [0.2, 0.25) is 0 Å². The van der Waals surface area contributed by atoms with Crippen LogP contribution in [0, 0.1) is 0 Å². The van der Waals surface area contributed by atoms with Gasteiger partial charge in [0.25, 0.3) is 0 Å². The van der Waals surface area contributed by atoms with E-state index in [1.54, 1.807) is 19.2 Å². The van der Waals surface area contributed by atoms with Gasteiger partial charge in [0.15, 0.2) is 6.29 Å². The molecular weight excluding hydrogens is 180 g/mol. The maximum absolute atomic E-state index is 10.7. The van der Waals surface area contributed by atoms with Crippen LogP contribution >= 0.6 is 0 Å². The Balaban J connectivity index is 2.84. The Kier molecular flexibility index (Phi) is 4.13. The molecule has 0 unspecified atom stereocenters. The lowest BCUT2D eigenvalue weighted by atomic mass is 10.1. The molecule has 0 N–H and O–H groups in total. The number of rotatable bonds is 5. The van der Waals surface area contributed by atoms with Gasteiger partial charge in [-0.1, -0.05) is 6.07 Å². The number of aldehydes is 1. The summed E-state index contributed by atoms with van der Waals surface area (Å²) in [6.07, 6.45) is 0.786. The molecule has 1 aromatic rings. The van der Waals surface area contributed by atoms with Crippen molar-refractivity contribution in [2.75, 3.05) is 13.7 Å². The van der Waals surface area contributed by atoms with Crippen LogP contribution in [0.1, 0.15) is 22.8 Å². The zero-order valence-corrected chi connectivity index (χ0v) is 8.45. The Morgan fingerprint density at radius 1 is 1.43 bits per heavy atom. The minimum absolute atomic E-state index is 0.529. The van der Waals surface area contributed by atoms with Crippen molar-refractivity contribution in [2.45, 2.75) is 13.5 Å². The molecule has 76 valence electrons. The third kappa shape index (κ3) is 2.57. The first-order chi connectivity index (χ1) is 6.81. The van der Waals surface area contributed by atoms with Gasteiger partial charge in [0.05, 0.1) is 19.3 Å². The standard InChI is InChI=1S/C11H14O3/c1-3-14-8-9-4-5-11(13-2)10(6-9)7-12/h4-7H,3,8H2,1-2H3. The third-order valence-corrected chi connectivity index (χ3v) is 1.89. The first-order valence-electron chi connectivity index (χ1n) is 4.51. The predicted molar refractivity (Wildman–Crippen MR) is 53.7 cm³/mol. The molecule has 14 heavy (non-hydrogen) atoms. The normalized spacial score (nSPS) is 9.86. The molecule has 1 rings (SSSR count). The number of benzene rings is 1. The average molecular weight is 194 g/mol. The highest BCUT2D eigenvalue weighted by molar-refractivity contribution is 5.79. The maximum atomic E-state index is 10.7. The summed E-state index contributed by atoms with van der Waals surface area (Å²) in [5, 5.41) is 0. The molecule has 1 aromatic carbocycles. The average Bonchev–Trinajstić information content (AvgIpc) is 2.25. The van der Waals surface area contributed by atoms with Crippen LogP contribution in [-0.2, 0) is 11.3 Å². The number of carbonyl (C=O) groups excluding carboxylic acids is 1. The minimum Gasteiger partial charge on any atom is -0.496 e. The van der Waals surface area contributed by atoms with Crippen LogP contribution < -0.4 is 4.74 Å². The van der Waals surface area contributed by atoms with Gasteiger partial charge < -0.3 is 9.47 Å². The summed E-state index contributed by atoms with van der Waals surface area (Å²) >= 11 is 0. The van der Waals surface area contributed by atoms with Gasteiger partial charge in [-0.3, -0.25) is 4.79 Å². The molecule has 0 heterocycles. The van der Waals surface area contributed by atoms with Crippen molar-refractivity contribution in [1.82, 2.24) is 0 Å². The molecule has 0 aliphatic heterocycles. The fourth-order valence-electron chi connectivity index (χ4n) is 1.19. The molecule has 0 bridgehead atoms. The highest BCUT2D eigenvalue weighted by Gasteiger charge is 2.02. The second-order valence-electron chi connectivity index (χ2n) is 2.83. The first-order valence-corrected chi connectivity index (χ1v) is 4.51. The predicted octanol–water partition coefficient (Wildman–Crippen LogP) is 2.04. The van der Waals surface area contributed by atoms with Crippen LogP contribution in [0.4, 0.5) is 0 Å². The summed E-state index contributed by atoms with van der Waals surface area (Å²) in [6, 6.07) is 5.45. The molecule has 0 atom stereocenters. The molecule has 0 fully saturated rings. The summed E-state index contributed by atoms with van der Waals surface area (Å²) in [6.45, 7) is 3.13. The van der Waals surface area contributed by atoms with Crippen LogP contribution in [0.5, 0.6) is 5.75 Å². The number of hydrogen-bond donors (Lipinski definition) is 0. The number of ether oxygens (including phenoxy) is 2. The summed E-state index contributed by atoms with van der Waals surface area (Å²) in [5.41, 5.74) is 1.54. The molecule has 0 spiro atoms. The lowest BCUT2D eigenvalue weighted by Crippen LogP contribution is -1.95. The van der Waals surface area contributed by atoms with Crippen molar-refractivity contribution in [2.24, 2.45) is 0 Å². The number of carbonyl (C=O) groups is 1. The maximum Gasteiger partial charge on any atom is 0.153 e. The van der Waals surface area contributed by atoms with Crippen molar-refractivity contribution in [1.29, 1.82) is 0 Å². The van der Waals surface area contributed by atoms with E-state index in [9.17, 15) is 4.79 Å². The van der Waals surface area contributed by atoms with E-state index in [1.807, 2.05) is 13.0 Å².